The number of carbonyl (C=O) groups is 1. The molecule has 0 radical (unpaired) electrons. The minimum Gasteiger partial charge on any atom is -0.374 e. The molecule has 3 nitrogen and oxygen atoms in total. The number of hydrogen-bond donors (Lipinski definition) is 2. The summed E-state index contributed by atoms with van der Waals surface area (Å²) in [5.74, 6) is -1.44. The molecule has 0 fully saturated rings. The average molecular weight is 331 g/mol. The average Bonchev–Trinajstić information content (AvgIpc) is 2.37. The maximum Gasteiger partial charge on any atom is 0.243 e. The minimum absolute atomic E-state index is 0.0681. The van der Waals surface area contributed by atoms with Crippen molar-refractivity contribution in [3.05, 3.63) is 58.1 Å². The highest BCUT2D eigenvalue weighted by molar-refractivity contribution is 6.39. The molecule has 110 valence electrons. The van der Waals surface area contributed by atoms with Crippen LogP contribution in [-0.2, 0) is 4.79 Å². The van der Waals surface area contributed by atoms with Gasteiger partial charge in [-0.3, -0.25) is 4.79 Å². The first-order chi connectivity index (χ1) is 9.95. The third-order valence-electron chi connectivity index (χ3n) is 2.54. The van der Waals surface area contributed by atoms with E-state index >= 15 is 0 Å². The van der Waals surface area contributed by atoms with Crippen molar-refractivity contribution < 1.29 is 13.6 Å². The number of amides is 1. The molecule has 2 aromatic carbocycles. The number of rotatable bonds is 4. The summed E-state index contributed by atoms with van der Waals surface area (Å²) >= 11 is 11.7. The van der Waals surface area contributed by atoms with Crippen LogP contribution in [0.4, 0.5) is 20.2 Å². The predicted molar refractivity (Wildman–Crippen MR) is 79.9 cm³/mol. The van der Waals surface area contributed by atoms with Crippen molar-refractivity contribution in [3.8, 4) is 0 Å². The summed E-state index contributed by atoms with van der Waals surface area (Å²) in [5, 5.41) is 5.34. The molecule has 0 heterocycles. The second kappa shape index (κ2) is 6.74. The van der Waals surface area contributed by atoms with Gasteiger partial charge < -0.3 is 10.6 Å². The summed E-state index contributed by atoms with van der Waals surface area (Å²) in [6, 6.07) is 7.66. The number of nitrogens with one attached hydrogen (secondary N) is 2. The largest absolute Gasteiger partial charge is 0.374 e. The van der Waals surface area contributed by atoms with Crippen molar-refractivity contribution in [3.63, 3.8) is 0 Å². The molecule has 2 rings (SSSR count). The standard InChI is InChI=1S/C14H10Cl2F2N2O/c15-11-5-9(18)6-12(16)14(11)19-7-13(21)20-10-3-1-2-8(17)4-10/h1-6,19H,7H2,(H,20,21). The fourth-order valence-corrected chi connectivity index (χ4v) is 2.25. The lowest BCUT2D eigenvalue weighted by Gasteiger charge is -2.11. The lowest BCUT2D eigenvalue weighted by atomic mass is 10.3. The van der Waals surface area contributed by atoms with Gasteiger partial charge in [0.15, 0.2) is 0 Å². The molecular formula is C14H10Cl2F2N2O. The molecule has 0 saturated heterocycles. The molecule has 0 aliphatic carbocycles. The number of anilines is 2. The van der Waals surface area contributed by atoms with E-state index in [-0.39, 0.29) is 22.3 Å². The van der Waals surface area contributed by atoms with E-state index in [0.717, 1.165) is 12.1 Å². The van der Waals surface area contributed by atoms with Crippen LogP contribution >= 0.6 is 23.2 Å². The fourth-order valence-electron chi connectivity index (χ4n) is 1.65. The van der Waals surface area contributed by atoms with Crippen molar-refractivity contribution in [2.45, 2.75) is 0 Å². The maximum atomic E-state index is 13.0. The molecule has 0 bridgehead atoms. The third-order valence-corrected chi connectivity index (χ3v) is 3.14. The van der Waals surface area contributed by atoms with Gasteiger partial charge in [0, 0.05) is 5.69 Å². The molecule has 7 heteroatoms. The normalized spacial score (nSPS) is 10.3. The zero-order chi connectivity index (χ0) is 15.4. The number of halogens is 4. The Hall–Kier alpha value is -1.85. The molecule has 0 spiro atoms. The van der Waals surface area contributed by atoms with E-state index in [9.17, 15) is 13.6 Å². The minimum atomic E-state index is -0.570. The Kier molecular flexibility index (Phi) is 4.98. The molecule has 2 N–H and O–H groups in total. The Balaban J connectivity index is 1.99. The Morgan fingerprint density at radius 3 is 2.33 bits per heavy atom. The third kappa shape index (κ3) is 4.31. The van der Waals surface area contributed by atoms with Gasteiger partial charge in [0.2, 0.25) is 5.91 Å². The van der Waals surface area contributed by atoms with Crippen molar-refractivity contribution in [2.75, 3.05) is 17.2 Å². The van der Waals surface area contributed by atoms with Crippen LogP contribution < -0.4 is 10.6 Å². The SMILES string of the molecule is O=C(CNc1c(Cl)cc(F)cc1Cl)Nc1cccc(F)c1. The first-order valence-corrected chi connectivity index (χ1v) is 6.65. The van der Waals surface area contributed by atoms with E-state index in [1.54, 1.807) is 6.07 Å². The van der Waals surface area contributed by atoms with E-state index in [2.05, 4.69) is 10.6 Å². The van der Waals surface area contributed by atoms with Crippen LogP contribution in [0.2, 0.25) is 10.0 Å². The molecule has 0 aliphatic heterocycles. The molecule has 2 aromatic rings. The van der Waals surface area contributed by atoms with Gasteiger partial charge in [-0.25, -0.2) is 8.78 Å². The van der Waals surface area contributed by atoms with Crippen LogP contribution in [0.3, 0.4) is 0 Å². The summed E-state index contributed by atoms with van der Waals surface area (Å²) in [6.45, 7) is -0.151. The molecule has 0 aliphatic rings. The number of hydrogen-bond acceptors (Lipinski definition) is 2. The Labute approximate surface area is 129 Å². The second-order valence-electron chi connectivity index (χ2n) is 4.16. The van der Waals surface area contributed by atoms with Crippen LogP contribution in [0.15, 0.2) is 36.4 Å². The first kappa shape index (κ1) is 15.5. The van der Waals surface area contributed by atoms with Gasteiger partial charge in [0.25, 0.3) is 0 Å². The van der Waals surface area contributed by atoms with E-state index in [4.69, 9.17) is 23.2 Å². The zero-order valence-corrected chi connectivity index (χ0v) is 12.1. The molecule has 0 unspecified atom stereocenters. The van der Waals surface area contributed by atoms with E-state index < -0.39 is 17.5 Å². The quantitative estimate of drug-likeness (QED) is 0.876. The molecular weight excluding hydrogens is 321 g/mol. The Morgan fingerprint density at radius 2 is 1.71 bits per heavy atom. The van der Waals surface area contributed by atoms with Gasteiger partial charge >= 0.3 is 0 Å². The highest BCUT2D eigenvalue weighted by atomic mass is 35.5. The summed E-state index contributed by atoms with van der Waals surface area (Å²) in [7, 11) is 0. The van der Waals surface area contributed by atoms with Crippen molar-refractivity contribution in [1.82, 2.24) is 0 Å². The second-order valence-corrected chi connectivity index (χ2v) is 4.97. The van der Waals surface area contributed by atoms with E-state index in [1.165, 1.54) is 18.2 Å². The lowest BCUT2D eigenvalue weighted by Crippen LogP contribution is -2.22. The summed E-state index contributed by atoms with van der Waals surface area (Å²) in [4.78, 5) is 11.7. The van der Waals surface area contributed by atoms with Gasteiger partial charge in [-0.05, 0) is 30.3 Å². The van der Waals surface area contributed by atoms with E-state index in [1.807, 2.05) is 0 Å². The van der Waals surface area contributed by atoms with Crippen LogP contribution in [0, 0.1) is 11.6 Å². The molecule has 0 aromatic heterocycles. The van der Waals surface area contributed by atoms with Crippen molar-refractivity contribution in [2.24, 2.45) is 0 Å². The van der Waals surface area contributed by atoms with Crippen LogP contribution in [-0.4, -0.2) is 12.5 Å². The highest BCUT2D eigenvalue weighted by Gasteiger charge is 2.10. The first-order valence-electron chi connectivity index (χ1n) is 5.89. The summed E-state index contributed by atoms with van der Waals surface area (Å²) < 4.78 is 26.0. The van der Waals surface area contributed by atoms with Gasteiger partial charge in [-0.15, -0.1) is 0 Å². The topological polar surface area (TPSA) is 41.1 Å². The molecule has 21 heavy (non-hydrogen) atoms. The lowest BCUT2D eigenvalue weighted by molar-refractivity contribution is -0.114. The smallest absolute Gasteiger partial charge is 0.243 e. The Morgan fingerprint density at radius 1 is 1.05 bits per heavy atom. The predicted octanol–water partition coefficient (Wildman–Crippen LogP) is 4.32. The van der Waals surface area contributed by atoms with Gasteiger partial charge in [-0.1, -0.05) is 29.3 Å². The molecule has 0 atom stereocenters. The number of benzene rings is 2. The molecule has 0 saturated carbocycles. The van der Waals surface area contributed by atoms with Crippen molar-refractivity contribution >= 4 is 40.5 Å². The van der Waals surface area contributed by atoms with Gasteiger partial charge in [0.1, 0.15) is 11.6 Å². The van der Waals surface area contributed by atoms with Crippen LogP contribution in [0.25, 0.3) is 0 Å². The van der Waals surface area contributed by atoms with E-state index in [0.29, 0.717) is 5.69 Å². The zero-order valence-electron chi connectivity index (χ0n) is 10.6. The van der Waals surface area contributed by atoms with Crippen LogP contribution in [0.1, 0.15) is 0 Å². The van der Waals surface area contributed by atoms with Crippen molar-refractivity contribution in [1.29, 1.82) is 0 Å². The van der Waals surface area contributed by atoms with Gasteiger partial charge in [0.05, 0.1) is 22.3 Å². The van der Waals surface area contributed by atoms with Gasteiger partial charge in [-0.2, -0.15) is 0 Å². The maximum absolute atomic E-state index is 13.0. The summed E-state index contributed by atoms with van der Waals surface area (Å²) in [5.41, 5.74) is 0.590. The molecule has 1 amide bonds. The fraction of sp³-hybridized carbons (Fsp3) is 0.0714. The number of carbonyl (C=O) groups excluding carboxylic acids is 1. The highest BCUT2D eigenvalue weighted by Crippen LogP contribution is 2.31. The van der Waals surface area contributed by atoms with Crippen LogP contribution in [0.5, 0.6) is 0 Å². The summed E-state index contributed by atoms with van der Waals surface area (Å²) in [6.07, 6.45) is 0. The monoisotopic (exact) mass is 330 g/mol. The Bertz CT molecular complexity index is 657.